The predicted molar refractivity (Wildman–Crippen MR) is 114 cm³/mol. The van der Waals surface area contributed by atoms with Crippen LogP contribution in [0.2, 0.25) is 0 Å². The van der Waals surface area contributed by atoms with Crippen molar-refractivity contribution in [2.45, 2.75) is 84.7 Å². The van der Waals surface area contributed by atoms with Gasteiger partial charge in [0.05, 0.1) is 0 Å². The van der Waals surface area contributed by atoms with Crippen LogP contribution in [0.4, 0.5) is 0 Å². The fourth-order valence-corrected chi connectivity index (χ4v) is 3.21. The summed E-state index contributed by atoms with van der Waals surface area (Å²) in [6, 6.07) is 8.18. The van der Waals surface area contributed by atoms with Crippen LogP contribution in [0.5, 0.6) is 0 Å². The molecule has 0 saturated heterocycles. The normalized spacial score (nSPS) is 12.0. The van der Waals surface area contributed by atoms with Crippen molar-refractivity contribution < 1.29 is 9.53 Å². The third kappa shape index (κ3) is 7.79. The van der Waals surface area contributed by atoms with Gasteiger partial charge >= 0.3 is 5.97 Å². The van der Waals surface area contributed by atoms with Gasteiger partial charge in [0, 0.05) is 30.8 Å². The molecule has 0 aliphatic rings. The summed E-state index contributed by atoms with van der Waals surface area (Å²) in [5.74, 6) is 0.599. The minimum Gasteiger partial charge on any atom is -0.462 e. The van der Waals surface area contributed by atoms with Gasteiger partial charge in [0.1, 0.15) is 6.10 Å². The van der Waals surface area contributed by atoms with Crippen LogP contribution in [0.25, 0.3) is 11.4 Å². The molecule has 4 heteroatoms. The van der Waals surface area contributed by atoms with E-state index in [0.29, 0.717) is 12.8 Å². The Morgan fingerprint density at radius 3 is 2.21 bits per heavy atom. The van der Waals surface area contributed by atoms with Crippen LogP contribution >= 0.6 is 0 Å². The van der Waals surface area contributed by atoms with Crippen molar-refractivity contribution in [3.63, 3.8) is 0 Å². The molecule has 0 amide bonds. The van der Waals surface area contributed by atoms with Gasteiger partial charge in [0.25, 0.3) is 0 Å². The highest BCUT2D eigenvalue weighted by atomic mass is 16.5. The Bertz CT molecular complexity index is 696. The first kappa shape index (κ1) is 22.1. The van der Waals surface area contributed by atoms with Crippen LogP contribution in [0.1, 0.15) is 76.8 Å². The number of carbonyl (C=O) groups is 1. The highest BCUT2D eigenvalue weighted by Crippen LogP contribution is 2.17. The van der Waals surface area contributed by atoms with Gasteiger partial charge in [-0.2, -0.15) is 0 Å². The molecule has 0 bridgehead atoms. The van der Waals surface area contributed by atoms with Gasteiger partial charge in [-0.25, -0.2) is 9.97 Å². The summed E-state index contributed by atoms with van der Waals surface area (Å²) in [5, 5.41) is 0. The summed E-state index contributed by atoms with van der Waals surface area (Å²) in [7, 11) is 0. The lowest BCUT2D eigenvalue weighted by Crippen LogP contribution is -2.16. The summed E-state index contributed by atoms with van der Waals surface area (Å²) >= 11 is 0. The maximum atomic E-state index is 11.4. The van der Waals surface area contributed by atoms with Crippen LogP contribution in [-0.4, -0.2) is 22.0 Å². The lowest BCUT2D eigenvalue weighted by Gasteiger charge is -2.13. The fourth-order valence-electron chi connectivity index (χ4n) is 3.21. The number of ether oxygens (including phenoxy) is 1. The van der Waals surface area contributed by atoms with Gasteiger partial charge in [0.2, 0.25) is 0 Å². The maximum Gasteiger partial charge on any atom is 0.305 e. The molecule has 1 atom stereocenters. The fraction of sp³-hybridized carbons (Fsp3) is 0.542. The zero-order valence-electron chi connectivity index (χ0n) is 17.6. The molecule has 2 rings (SSSR count). The Hall–Kier alpha value is -2.23. The van der Waals surface area contributed by atoms with E-state index < -0.39 is 0 Å². The van der Waals surface area contributed by atoms with Gasteiger partial charge in [0.15, 0.2) is 5.82 Å². The van der Waals surface area contributed by atoms with Crippen molar-refractivity contribution in [3.05, 3.63) is 47.8 Å². The molecule has 1 unspecified atom stereocenters. The van der Waals surface area contributed by atoms with Crippen molar-refractivity contribution in [1.29, 1.82) is 0 Å². The van der Waals surface area contributed by atoms with E-state index in [1.165, 1.54) is 44.1 Å². The van der Waals surface area contributed by atoms with E-state index in [0.717, 1.165) is 23.4 Å². The van der Waals surface area contributed by atoms with Gasteiger partial charge in [-0.05, 0) is 30.9 Å². The van der Waals surface area contributed by atoms with Crippen molar-refractivity contribution >= 4 is 5.97 Å². The smallest absolute Gasteiger partial charge is 0.305 e. The highest BCUT2D eigenvalue weighted by Gasteiger charge is 2.09. The number of aromatic nitrogens is 2. The highest BCUT2D eigenvalue weighted by molar-refractivity contribution is 5.69. The lowest BCUT2D eigenvalue weighted by atomic mass is 10.1. The minimum atomic E-state index is -0.154. The first-order valence-electron chi connectivity index (χ1n) is 10.7. The van der Waals surface area contributed by atoms with Crippen LogP contribution < -0.4 is 0 Å². The van der Waals surface area contributed by atoms with Crippen molar-refractivity contribution in [3.8, 4) is 11.4 Å². The molecule has 1 aromatic carbocycles. The molecule has 1 heterocycles. The maximum absolute atomic E-state index is 11.4. The average Bonchev–Trinajstić information content (AvgIpc) is 2.71. The molecule has 1 aromatic heterocycles. The third-order valence-electron chi connectivity index (χ3n) is 4.88. The molecule has 0 N–H and O–H groups in total. The van der Waals surface area contributed by atoms with E-state index >= 15 is 0 Å². The van der Waals surface area contributed by atoms with E-state index in [9.17, 15) is 4.79 Å². The molecular weight excluding hydrogens is 348 g/mol. The number of hydrogen-bond acceptors (Lipinski definition) is 4. The first-order chi connectivity index (χ1) is 13.6. The van der Waals surface area contributed by atoms with E-state index in [2.05, 4.69) is 29.0 Å². The van der Waals surface area contributed by atoms with Crippen molar-refractivity contribution in [1.82, 2.24) is 9.97 Å². The monoisotopic (exact) mass is 382 g/mol. The van der Waals surface area contributed by atoms with E-state index in [4.69, 9.17) is 4.74 Å². The summed E-state index contributed by atoms with van der Waals surface area (Å²) in [6.07, 6.45) is 13.8. The number of esters is 1. The first-order valence-corrected chi connectivity index (χ1v) is 10.7. The molecule has 2 aromatic rings. The van der Waals surface area contributed by atoms with Crippen molar-refractivity contribution in [2.75, 3.05) is 0 Å². The Balaban J connectivity index is 1.82. The predicted octanol–water partition coefficient (Wildman–Crippen LogP) is 5.93. The molecule has 0 aliphatic carbocycles. The Morgan fingerprint density at radius 1 is 0.929 bits per heavy atom. The largest absolute Gasteiger partial charge is 0.462 e. The number of hydrogen-bond donors (Lipinski definition) is 0. The van der Waals surface area contributed by atoms with Gasteiger partial charge in [-0.1, -0.05) is 70.2 Å². The van der Waals surface area contributed by atoms with E-state index in [-0.39, 0.29) is 12.1 Å². The molecule has 0 saturated carbocycles. The average molecular weight is 383 g/mol. The number of rotatable bonds is 12. The van der Waals surface area contributed by atoms with E-state index in [1.54, 1.807) is 0 Å². The number of carbonyl (C=O) groups excluding carboxylic acids is 1. The topological polar surface area (TPSA) is 52.1 Å². The molecule has 0 aliphatic heterocycles. The second-order valence-corrected chi connectivity index (χ2v) is 7.49. The number of nitrogens with zero attached hydrogens (tertiary/aromatic N) is 2. The Labute approximate surface area is 169 Å². The standard InChI is InChI=1S/C24H34N2O2/c1-4-6-7-8-9-10-11-21-17-25-24(26-18-21)22-14-12-20(13-15-22)16-19(3)28-23(27)5-2/h12-15,17-19H,4-11,16H2,1-3H3. The van der Waals surface area contributed by atoms with E-state index in [1.807, 2.05) is 38.4 Å². The molecule has 152 valence electrons. The number of unbranched alkanes of at least 4 members (excludes halogenated alkanes) is 5. The molecule has 0 radical (unpaired) electrons. The minimum absolute atomic E-state index is 0.115. The lowest BCUT2D eigenvalue weighted by molar-refractivity contribution is -0.147. The quantitative estimate of drug-likeness (QED) is 0.337. The zero-order valence-corrected chi connectivity index (χ0v) is 17.6. The molecule has 0 fully saturated rings. The van der Waals surface area contributed by atoms with Gasteiger partial charge in [-0.3, -0.25) is 4.79 Å². The van der Waals surface area contributed by atoms with Crippen LogP contribution in [0.3, 0.4) is 0 Å². The number of benzene rings is 1. The van der Waals surface area contributed by atoms with Crippen LogP contribution in [0.15, 0.2) is 36.7 Å². The molecule has 28 heavy (non-hydrogen) atoms. The molecular formula is C24H34N2O2. The van der Waals surface area contributed by atoms with Crippen molar-refractivity contribution in [2.24, 2.45) is 0 Å². The summed E-state index contributed by atoms with van der Waals surface area (Å²) in [5.41, 5.74) is 3.36. The van der Waals surface area contributed by atoms with Crippen LogP contribution in [0, 0.1) is 0 Å². The second-order valence-electron chi connectivity index (χ2n) is 7.49. The third-order valence-corrected chi connectivity index (χ3v) is 4.88. The summed E-state index contributed by atoms with van der Waals surface area (Å²) in [4.78, 5) is 20.4. The van der Waals surface area contributed by atoms with Crippen LogP contribution in [-0.2, 0) is 22.4 Å². The zero-order chi connectivity index (χ0) is 20.2. The summed E-state index contributed by atoms with van der Waals surface area (Å²) < 4.78 is 5.33. The summed E-state index contributed by atoms with van der Waals surface area (Å²) in [6.45, 7) is 5.98. The Morgan fingerprint density at radius 2 is 1.57 bits per heavy atom. The Kier molecular flexibility index (Phi) is 9.67. The molecule has 0 spiro atoms. The molecule has 4 nitrogen and oxygen atoms in total. The number of aryl methyl sites for hydroxylation is 1. The van der Waals surface area contributed by atoms with Gasteiger partial charge in [-0.15, -0.1) is 0 Å². The second kappa shape index (κ2) is 12.3. The SMILES string of the molecule is CCCCCCCCc1cnc(-c2ccc(CC(C)OC(=O)CC)cc2)nc1. The van der Waals surface area contributed by atoms with Gasteiger partial charge < -0.3 is 4.74 Å².